The Morgan fingerprint density at radius 2 is 1.67 bits per heavy atom. The van der Waals surface area contributed by atoms with E-state index >= 15 is 0 Å². The van der Waals surface area contributed by atoms with Gasteiger partial charge in [-0.2, -0.15) is 0 Å². The molecule has 8 heteroatoms. The summed E-state index contributed by atoms with van der Waals surface area (Å²) in [5.74, 6) is 0.0187. The molecule has 0 aromatic heterocycles. The largest absolute Gasteiger partial charge is 0.484 e. The van der Waals surface area contributed by atoms with Crippen LogP contribution in [0.4, 0.5) is 0 Å². The maximum absolute atomic E-state index is 13.3. The van der Waals surface area contributed by atoms with Gasteiger partial charge in [-0.25, -0.2) is 0 Å². The molecule has 0 aliphatic rings. The fourth-order valence-electron chi connectivity index (χ4n) is 3.41. The molecule has 0 bridgehead atoms. The molecular formula is C25H31Cl3N2O3. The molecule has 0 spiro atoms. The zero-order valence-corrected chi connectivity index (χ0v) is 21.9. The molecule has 5 nitrogen and oxygen atoms in total. The zero-order chi connectivity index (χ0) is 24.7. The summed E-state index contributed by atoms with van der Waals surface area (Å²) >= 11 is 18.6. The van der Waals surface area contributed by atoms with E-state index in [4.69, 9.17) is 39.5 Å². The number of hydrogen-bond acceptors (Lipinski definition) is 3. The van der Waals surface area contributed by atoms with Gasteiger partial charge in [-0.1, -0.05) is 54.7 Å². The van der Waals surface area contributed by atoms with E-state index in [1.165, 1.54) is 4.90 Å². The average molecular weight is 514 g/mol. The van der Waals surface area contributed by atoms with Crippen LogP contribution in [0.2, 0.25) is 15.1 Å². The number of nitrogens with one attached hydrogen (secondary N) is 1. The van der Waals surface area contributed by atoms with Gasteiger partial charge >= 0.3 is 0 Å². The third-order valence-electron chi connectivity index (χ3n) is 5.52. The van der Waals surface area contributed by atoms with Crippen molar-refractivity contribution in [3.8, 4) is 5.75 Å². The molecular weight excluding hydrogens is 483 g/mol. The van der Waals surface area contributed by atoms with Crippen molar-refractivity contribution in [2.75, 3.05) is 6.61 Å². The molecule has 33 heavy (non-hydrogen) atoms. The number of carbonyl (C=O) groups excluding carboxylic acids is 2. The summed E-state index contributed by atoms with van der Waals surface area (Å²) in [5.41, 5.74) is 2.42. The highest BCUT2D eigenvalue weighted by Gasteiger charge is 2.30. The Morgan fingerprint density at radius 1 is 1.03 bits per heavy atom. The van der Waals surface area contributed by atoms with Crippen LogP contribution in [0.25, 0.3) is 0 Å². The number of aryl methyl sites for hydroxylation is 2. The fraction of sp³-hybridized carbons (Fsp3) is 0.440. The Hall–Kier alpha value is -1.95. The molecule has 0 aliphatic carbocycles. The smallest absolute Gasteiger partial charge is 0.261 e. The van der Waals surface area contributed by atoms with Gasteiger partial charge in [-0.05, 0) is 74.6 Å². The molecule has 0 radical (unpaired) electrons. The second-order valence-corrected chi connectivity index (χ2v) is 9.38. The van der Waals surface area contributed by atoms with Crippen LogP contribution >= 0.6 is 34.8 Å². The Kier molecular flexibility index (Phi) is 10.3. The molecule has 2 aromatic carbocycles. The van der Waals surface area contributed by atoms with Gasteiger partial charge in [-0.3, -0.25) is 9.59 Å². The van der Waals surface area contributed by atoms with Gasteiger partial charge in [0.15, 0.2) is 6.61 Å². The number of benzene rings is 2. The first-order valence-corrected chi connectivity index (χ1v) is 12.1. The van der Waals surface area contributed by atoms with E-state index in [2.05, 4.69) is 5.32 Å². The topological polar surface area (TPSA) is 58.6 Å². The van der Waals surface area contributed by atoms with Gasteiger partial charge in [0.2, 0.25) is 5.91 Å². The minimum absolute atomic E-state index is 0.00103. The third-order valence-corrected chi connectivity index (χ3v) is 6.70. The highest BCUT2D eigenvalue weighted by Crippen LogP contribution is 2.27. The van der Waals surface area contributed by atoms with Crippen LogP contribution in [-0.2, 0) is 16.1 Å². The Morgan fingerprint density at radius 3 is 2.21 bits per heavy atom. The molecule has 0 saturated heterocycles. The highest BCUT2D eigenvalue weighted by atomic mass is 35.5. The second-order valence-electron chi connectivity index (χ2n) is 8.16. The van der Waals surface area contributed by atoms with Gasteiger partial charge in [0.1, 0.15) is 11.8 Å². The lowest BCUT2D eigenvalue weighted by Crippen LogP contribution is -2.51. The minimum Gasteiger partial charge on any atom is -0.484 e. The van der Waals surface area contributed by atoms with Crippen LogP contribution in [0.15, 0.2) is 30.3 Å². The van der Waals surface area contributed by atoms with Crippen molar-refractivity contribution < 1.29 is 14.3 Å². The summed E-state index contributed by atoms with van der Waals surface area (Å²) in [6.45, 7) is 9.49. The van der Waals surface area contributed by atoms with Gasteiger partial charge in [0.25, 0.3) is 5.91 Å². The monoisotopic (exact) mass is 512 g/mol. The van der Waals surface area contributed by atoms with Crippen LogP contribution in [0.3, 0.4) is 0 Å². The van der Waals surface area contributed by atoms with Crippen molar-refractivity contribution in [1.29, 1.82) is 0 Å². The number of rotatable bonds is 10. The predicted octanol–water partition coefficient (Wildman–Crippen LogP) is 6.36. The lowest BCUT2D eigenvalue weighted by molar-refractivity contribution is -0.143. The average Bonchev–Trinajstić information content (AvgIpc) is 2.76. The van der Waals surface area contributed by atoms with E-state index in [1.807, 2.05) is 34.6 Å². The first-order chi connectivity index (χ1) is 15.6. The van der Waals surface area contributed by atoms with Gasteiger partial charge < -0.3 is 15.0 Å². The van der Waals surface area contributed by atoms with Crippen molar-refractivity contribution in [3.05, 3.63) is 62.1 Å². The maximum Gasteiger partial charge on any atom is 0.261 e. The van der Waals surface area contributed by atoms with Crippen molar-refractivity contribution in [1.82, 2.24) is 10.2 Å². The molecule has 2 atom stereocenters. The lowest BCUT2D eigenvalue weighted by Gasteiger charge is -2.31. The Bertz CT molecular complexity index is 974. The fourth-order valence-corrected chi connectivity index (χ4v) is 3.99. The molecule has 2 rings (SSSR count). The first-order valence-electron chi connectivity index (χ1n) is 11.0. The predicted molar refractivity (Wildman–Crippen MR) is 135 cm³/mol. The molecule has 0 unspecified atom stereocenters. The van der Waals surface area contributed by atoms with Crippen molar-refractivity contribution in [2.45, 2.75) is 66.1 Å². The molecule has 1 N–H and O–H groups in total. The summed E-state index contributed by atoms with van der Waals surface area (Å²) in [7, 11) is 0. The number of carbonyl (C=O) groups is 2. The molecule has 0 aliphatic heterocycles. The summed E-state index contributed by atoms with van der Waals surface area (Å²) in [5, 5.41) is 4.58. The first kappa shape index (κ1) is 27.3. The maximum atomic E-state index is 13.3. The summed E-state index contributed by atoms with van der Waals surface area (Å²) < 4.78 is 5.79. The van der Waals surface area contributed by atoms with Crippen molar-refractivity contribution in [3.63, 3.8) is 0 Å². The van der Waals surface area contributed by atoms with Crippen LogP contribution in [0.5, 0.6) is 5.75 Å². The lowest BCUT2D eigenvalue weighted by atomic mass is 10.1. The normalized spacial score (nSPS) is 12.7. The highest BCUT2D eigenvalue weighted by molar-refractivity contribution is 6.35. The molecule has 2 aromatic rings. The van der Waals surface area contributed by atoms with Crippen LogP contribution in [-0.4, -0.2) is 35.4 Å². The van der Waals surface area contributed by atoms with Gasteiger partial charge in [-0.15, -0.1) is 0 Å². The van der Waals surface area contributed by atoms with Gasteiger partial charge in [0, 0.05) is 27.7 Å². The van der Waals surface area contributed by atoms with E-state index in [0.717, 1.165) is 17.5 Å². The summed E-state index contributed by atoms with van der Waals surface area (Å²) in [6.07, 6.45) is 1.23. The number of nitrogens with zero attached hydrogens (tertiary/aromatic N) is 1. The van der Waals surface area contributed by atoms with Crippen LogP contribution < -0.4 is 10.1 Å². The SMILES string of the molecule is CC[C@@H](C)NC(=O)[C@H](CC)N(Cc1ccc(Cl)cc1Cl)C(=O)COc1cc(C)c(Cl)c(C)c1. The molecule has 0 saturated carbocycles. The van der Waals surface area contributed by atoms with Crippen molar-refractivity contribution in [2.24, 2.45) is 0 Å². The number of amides is 2. The number of ether oxygens (including phenoxy) is 1. The summed E-state index contributed by atoms with van der Waals surface area (Å²) in [4.78, 5) is 27.8. The zero-order valence-electron chi connectivity index (χ0n) is 19.7. The number of halogens is 3. The second kappa shape index (κ2) is 12.5. The molecule has 2 amide bonds. The van der Waals surface area contributed by atoms with E-state index in [9.17, 15) is 9.59 Å². The number of hydrogen-bond donors (Lipinski definition) is 1. The molecule has 180 valence electrons. The van der Waals surface area contributed by atoms with E-state index in [-0.39, 0.29) is 31.0 Å². The van der Waals surface area contributed by atoms with Gasteiger partial charge in [0.05, 0.1) is 0 Å². The van der Waals surface area contributed by atoms with E-state index in [0.29, 0.717) is 32.8 Å². The van der Waals surface area contributed by atoms with Crippen LogP contribution in [0, 0.1) is 13.8 Å². The summed E-state index contributed by atoms with van der Waals surface area (Å²) in [6, 6.07) is 8.00. The van der Waals surface area contributed by atoms with Crippen LogP contribution in [0.1, 0.15) is 50.3 Å². The molecule has 0 heterocycles. The standard InChI is InChI=1S/C25H31Cl3N2O3/c1-6-17(5)29-25(32)22(7-2)30(13-18-8-9-19(26)12-21(18)27)23(31)14-33-20-10-15(3)24(28)16(4)11-20/h8-12,17,22H,6-7,13-14H2,1-5H3,(H,29,32)/t17-,22+/m1/s1. The minimum atomic E-state index is -0.671. The Labute approximate surface area is 211 Å². The van der Waals surface area contributed by atoms with E-state index < -0.39 is 6.04 Å². The molecule has 0 fully saturated rings. The third kappa shape index (κ3) is 7.53. The van der Waals surface area contributed by atoms with Crippen molar-refractivity contribution >= 4 is 46.6 Å². The van der Waals surface area contributed by atoms with E-state index in [1.54, 1.807) is 30.3 Å². The quantitative estimate of drug-likeness (QED) is 0.402. The Balaban J connectivity index is 2.29.